The van der Waals surface area contributed by atoms with E-state index in [0.717, 1.165) is 36.5 Å². The molecule has 0 bridgehead atoms. The van der Waals surface area contributed by atoms with E-state index in [-0.39, 0.29) is 6.04 Å². The fourth-order valence-electron chi connectivity index (χ4n) is 2.74. The molecule has 1 atom stereocenters. The predicted octanol–water partition coefficient (Wildman–Crippen LogP) is 3.55. The first-order chi connectivity index (χ1) is 10.1. The third kappa shape index (κ3) is 3.20. The number of aromatic nitrogens is 2. The first-order valence-electron chi connectivity index (χ1n) is 7.33. The van der Waals surface area contributed by atoms with Gasteiger partial charge in [0.05, 0.1) is 28.5 Å². The van der Waals surface area contributed by atoms with Crippen LogP contribution in [0.15, 0.2) is 18.2 Å². The fraction of sp³-hybridized carbons (Fsp3) is 0.500. The van der Waals surface area contributed by atoms with Crippen LogP contribution in [0.25, 0.3) is 11.0 Å². The summed E-state index contributed by atoms with van der Waals surface area (Å²) in [6, 6.07) is 8.04. The van der Waals surface area contributed by atoms with Crippen LogP contribution in [0, 0.1) is 11.3 Å². The van der Waals surface area contributed by atoms with Crippen molar-refractivity contribution in [1.82, 2.24) is 14.5 Å². The third-order valence-electron chi connectivity index (χ3n) is 3.87. The van der Waals surface area contributed by atoms with Gasteiger partial charge in [0.2, 0.25) is 0 Å². The molecule has 1 aromatic carbocycles. The maximum atomic E-state index is 9.10. The quantitative estimate of drug-likeness (QED) is 0.767. The Balaban J connectivity index is 2.47. The van der Waals surface area contributed by atoms with Gasteiger partial charge in [0, 0.05) is 12.6 Å². The van der Waals surface area contributed by atoms with Crippen molar-refractivity contribution >= 4 is 22.6 Å². The number of likely N-dealkylation sites (N-methyl/N-ethyl adjacent to an activating group) is 1. The summed E-state index contributed by atoms with van der Waals surface area (Å²) in [5, 5.41) is 9.10. The van der Waals surface area contributed by atoms with Gasteiger partial charge in [-0.15, -0.1) is 11.6 Å². The molecule has 0 saturated carbocycles. The van der Waals surface area contributed by atoms with Crippen molar-refractivity contribution < 1.29 is 0 Å². The maximum Gasteiger partial charge on any atom is 0.125 e. The minimum atomic E-state index is 0.262. The van der Waals surface area contributed by atoms with Gasteiger partial charge < -0.3 is 9.47 Å². The van der Waals surface area contributed by atoms with Gasteiger partial charge in [-0.3, -0.25) is 0 Å². The molecule has 112 valence electrons. The average molecular weight is 305 g/mol. The molecule has 5 heteroatoms. The van der Waals surface area contributed by atoms with Gasteiger partial charge >= 0.3 is 0 Å². The molecule has 0 fully saturated rings. The van der Waals surface area contributed by atoms with E-state index in [9.17, 15) is 0 Å². The second-order valence-corrected chi connectivity index (χ2v) is 5.45. The van der Waals surface area contributed by atoms with Crippen molar-refractivity contribution in [3.8, 4) is 6.07 Å². The van der Waals surface area contributed by atoms with E-state index in [1.54, 1.807) is 6.07 Å². The topological polar surface area (TPSA) is 44.9 Å². The highest BCUT2D eigenvalue weighted by Gasteiger charge is 2.17. The Morgan fingerprint density at radius 3 is 2.67 bits per heavy atom. The lowest BCUT2D eigenvalue weighted by Crippen LogP contribution is -2.30. The van der Waals surface area contributed by atoms with Crippen molar-refractivity contribution in [3.63, 3.8) is 0 Å². The van der Waals surface area contributed by atoms with E-state index in [4.69, 9.17) is 16.9 Å². The molecule has 0 spiro atoms. The molecule has 0 radical (unpaired) electrons. The molecule has 21 heavy (non-hydrogen) atoms. The number of halogens is 1. The van der Waals surface area contributed by atoms with Gasteiger partial charge in [0.25, 0.3) is 0 Å². The lowest BCUT2D eigenvalue weighted by molar-refractivity contribution is 0.261. The molecule has 0 N–H and O–H groups in total. The van der Waals surface area contributed by atoms with Crippen molar-refractivity contribution in [2.45, 2.75) is 32.7 Å². The average Bonchev–Trinajstić information content (AvgIpc) is 2.89. The fourth-order valence-corrected chi connectivity index (χ4v) is 2.92. The van der Waals surface area contributed by atoms with Crippen molar-refractivity contribution in [3.05, 3.63) is 29.6 Å². The maximum absolute atomic E-state index is 9.10. The summed E-state index contributed by atoms with van der Waals surface area (Å²) in [5.74, 6) is 1.24. The second kappa shape index (κ2) is 6.93. The highest BCUT2D eigenvalue weighted by molar-refractivity contribution is 6.16. The van der Waals surface area contributed by atoms with Gasteiger partial charge in [0.1, 0.15) is 5.82 Å². The summed E-state index contributed by atoms with van der Waals surface area (Å²) in [6.07, 6.45) is 0. The number of nitriles is 1. The number of nitrogens with zero attached hydrogens (tertiary/aromatic N) is 4. The van der Waals surface area contributed by atoms with Crippen molar-refractivity contribution in [1.29, 1.82) is 5.26 Å². The van der Waals surface area contributed by atoms with Crippen LogP contribution in [0.2, 0.25) is 0 Å². The molecule has 0 aliphatic heterocycles. The van der Waals surface area contributed by atoms with Crippen LogP contribution in [0.5, 0.6) is 0 Å². The summed E-state index contributed by atoms with van der Waals surface area (Å²) in [4.78, 5) is 6.97. The van der Waals surface area contributed by atoms with Crippen LogP contribution in [0.4, 0.5) is 0 Å². The highest BCUT2D eigenvalue weighted by Crippen LogP contribution is 2.24. The molecule has 0 amide bonds. The number of rotatable bonds is 6. The number of fused-ring (bicyclic) bond motifs is 1. The predicted molar refractivity (Wildman–Crippen MR) is 86.5 cm³/mol. The molecule has 2 aromatic rings. The zero-order chi connectivity index (χ0) is 15.4. The van der Waals surface area contributed by atoms with Crippen LogP contribution in [0.1, 0.15) is 38.2 Å². The zero-order valence-electron chi connectivity index (χ0n) is 12.8. The number of hydrogen-bond acceptors (Lipinski definition) is 3. The minimum absolute atomic E-state index is 0.262. The lowest BCUT2D eigenvalue weighted by Gasteiger charge is -2.25. The standard InChI is InChI=1S/C16H21ClN4/c1-4-20(5-2)11-12(3)21-15-8-13(10-18)6-7-14(15)19-16(21)9-17/h6-8,12H,4-5,9,11H2,1-3H3. The van der Waals surface area contributed by atoms with E-state index < -0.39 is 0 Å². The zero-order valence-corrected chi connectivity index (χ0v) is 13.6. The molecule has 2 rings (SSSR count). The van der Waals surface area contributed by atoms with Gasteiger partial charge in [-0.05, 0) is 38.2 Å². The summed E-state index contributed by atoms with van der Waals surface area (Å²) in [7, 11) is 0. The lowest BCUT2D eigenvalue weighted by atomic mass is 10.2. The largest absolute Gasteiger partial charge is 0.323 e. The molecule has 0 saturated heterocycles. The van der Waals surface area contributed by atoms with Crippen LogP contribution in [-0.2, 0) is 5.88 Å². The molecule has 1 heterocycles. The summed E-state index contributed by atoms with van der Waals surface area (Å²) >= 11 is 6.06. The number of hydrogen-bond donors (Lipinski definition) is 0. The number of benzene rings is 1. The van der Waals surface area contributed by atoms with E-state index in [1.807, 2.05) is 12.1 Å². The van der Waals surface area contributed by atoms with Gasteiger partial charge in [0.15, 0.2) is 0 Å². The van der Waals surface area contributed by atoms with Crippen LogP contribution >= 0.6 is 11.6 Å². The first-order valence-corrected chi connectivity index (χ1v) is 7.87. The Morgan fingerprint density at radius 2 is 2.10 bits per heavy atom. The van der Waals surface area contributed by atoms with Gasteiger partial charge in [-0.25, -0.2) is 4.98 Å². The van der Waals surface area contributed by atoms with E-state index in [2.05, 4.69) is 41.3 Å². The van der Waals surface area contributed by atoms with Crippen LogP contribution < -0.4 is 0 Å². The Morgan fingerprint density at radius 1 is 1.38 bits per heavy atom. The monoisotopic (exact) mass is 304 g/mol. The normalized spacial score (nSPS) is 12.8. The molecule has 0 aliphatic rings. The summed E-state index contributed by atoms with van der Waals surface area (Å²) in [6.45, 7) is 9.49. The Kier molecular flexibility index (Phi) is 5.22. The highest BCUT2D eigenvalue weighted by atomic mass is 35.5. The molecule has 0 aliphatic carbocycles. The van der Waals surface area contributed by atoms with Crippen LogP contribution in [0.3, 0.4) is 0 Å². The number of alkyl halides is 1. The Hall–Kier alpha value is -1.57. The number of imidazole rings is 1. The molecule has 1 unspecified atom stereocenters. The smallest absolute Gasteiger partial charge is 0.125 e. The summed E-state index contributed by atoms with van der Waals surface area (Å²) in [5.41, 5.74) is 2.54. The SMILES string of the molecule is CCN(CC)CC(C)n1c(CCl)nc2ccc(C#N)cc21. The molecule has 4 nitrogen and oxygen atoms in total. The summed E-state index contributed by atoms with van der Waals surface area (Å²) < 4.78 is 2.17. The van der Waals surface area contributed by atoms with Crippen LogP contribution in [-0.4, -0.2) is 34.1 Å². The third-order valence-corrected chi connectivity index (χ3v) is 4.11. The second-order valence-electron chi connectivity index (χ2n) is 5.18. The van der Waals surface area contributed by atoms with E-state index >= 15 is 0 Å². The van der Waals surface area contributed by atoms with Gasteiger partial charge in [-0.2, -0.15) is 5.26 Å². The van der Waals surface area contributed by atoms with Crippen molar-refractivity contribution in [2.24, 2.45) is 0 Å². The van der Waals surface area contributed by atoms with E-state index in [1.165, 1.54) is 0 Å². The molecular formula is C16H21ClN4. The van der Waals surface area contributed by atoms with Crippen molar-refractivity contribution in [2.75, 3.05) is 19.6 Å². The Bertz CT molecular complexity index is 652. The molecular weight excluding hydrogens is 284 g/mol. The van der Waals surface area contributed by atoms with Gasteiger partial charge in [-0.1, -0.05) is 13.8 Å². The Labute approximate surface area is 130 Å². The first kappa shape index (κ1) is 15.8. The molecule has 1 aromatic heterocycles. The minimum Gasteiger partial charge on any atom is -0.323 e. The van der Waals surface area contributed by atoms with E-state index in [0.29, 0.717) is 11.4 Å².